The molecule has 0 saturated heterocycles. The van der Waals surface area contributed by atoms with Crippen LogP contribution in [0.5, 0.6) is 0 Å². The summed E-state index contributed by atoms with van der Waals surface area (Å²) in [5.41, 5.74) is 0. The normalized spacial score (nSPS) is 56.5. The van der Waals surface area contributed by atoms with Crippen LogP contribution < -0.4 is 0 Å². The van der Waals surface area contributed by atoms with E-state index >= 15 is 0 Å². The van der Waals surface area contributed by atoms with Gasteiger partial charge in [0.05, 0.1) is 0 Å². The van der Waals surface area contributed by atoms with Crippen molar-refractivity contribution in [1.29, 1.82) is 0 Å². The minimum atomic E-state index is 1.02. The predicted molar refractivity (Wildman–Crippen MR) is 48.3 cm³/mol. The Morgan fingerprint density at radius 3 is 2.27 bits per heavy atom. The van der Waals surface area contributed by atoms with Crippen molar-refractivity contribution < 1.29 is 0 Å². The van der Waals surface area contributed by atoms with E-state index in [1.54, 1.807) is 0 Å². The Morgan fingerprint density at radius 2 is 1.64 bits per heavy atom. The Hall–Kier alpha value is 0. The van der Waals surface area contributed by atoms with Crippen LogP contribution in [0.15, 0.2) is 0 Å². The lowest BCUT2D eigenvalue weighted by Crippen LogP contribution is -2.48. The summed E-state index contributed by atoms with van der Waals surface area (Å²) in [7, 11) is 0. The van der Waals surface area contributed by atoms with E-state index in [1.807, 2.05) is 0 Å². The zero-order valence-corrected chi connectivity index (χ0v) is 8.01. The van der Waals surface area contributed by atoms with Gasteiger partial charge < -0.3 is 0 Å². The average Bonchev–Trinajstić information content (AvgIpc) is 2.03. The van der Waals surface area contributed by atoms with Crippen LogP contribution in [0.4, 0.5) is 0 Å². The molecule has 5 unspecified atom stereocenters. The van der Waals surface area contributed by atoms with Gasteiger partial charge in [0.1, 0.15) is 0 Å². The molecule has 2 aliphatic rings. The first-order valence-corrected chi connectivity index (χ1v) is 5.22. The van der Waals surface area contributed by atoms with Crippen LogP contribution in [0.1, 0.15) is 40.0 Å². The van der Waals surface area contributed by atoms with Gasteiger partial charge >= 0.3 is 0 Å². The van der Waals surface area contributed by atoms with Gasteiger partial charge in [-0.3, -0.25) is 0 Å². The lowest BCUT2D eigenvalue weighted by molar-refractivity contribution is -0.0646. The highest BCUT2D eigenvalue weighted by atomic mass is 14.5. The summed E-state index contributed by atoms with van der Waals surface area (Å²) in [6.45, 7) is 7.36. The van der Waals surface area contributed by atoms with E-state index in [9.17, 15) is 0 Å². The van der Waals surface area contributed by atoms with Gasteiger partial charge in [-0.15, -0.1) is 0 Å². The van der Waals surface area contributed by atoms with E-state index in [0.29, 0.717) is 0 Å². The average molecular weight is 152 g/mol. The Labute approximate surface area is 70.4 Å². The molecule has 0 nitrogen and oxygen atoms in total. The molecule has 0 amide bonds. The first-order valence-electron chi connectivity index (χ1n) is 5.22. The van der Waals surface area contributed by atoms with Crippen molar-refractivity contribution in [2.24, 2.45) is 29.6 Å². The van der Waals surface area contributed by atoms with Gasteiger partial charge in [-0.25, -0.2) is 0 Å². The van der Waals surface area contributed by atoms with Crippen LogP contribution in [0.25, 0.3) is 0 Å². The van der Waals surface area contributed by atoms with E-state index in [0.717, 1.165) is 29.6 Å². The van der Waals surface area contributed by atoms with Crippen molar-refractivity contribution in [2.45, 2.75) is 40.0 Å². The van der Waals surface area contributed by atoms with Crippen molar-refractivity contribution in [3.05, 3.63) is 0 Å². The minimum Gasteiger partial charge on any atom is -0.0622 e. The molecule has 2 rings (SSSR count). The summed E-state index contributed by atoms with van der Waals surface area (Å²) in [5, 5.41) is 0. The quantitative estimate of drug-likeness (QED) is 0.499. The van der Waals surface area contributed by atoms with Crippen LogP contribution in [-0.2, 0) is 0 Å². The molecule has 0 heteroatoms. The third-order valence-corrected chi connectivity index (χ3v) is 4.46. The fourth-order valence-corrected chi connectivity index (χ4v) is 3.60. The van der Waals surface area contributed by atoms with Gasteiger partial charge in [-0.1, -0.05) is 33.6 Å². The highest BCUT2D eigenvalue weighted by molar-refractivity contribution is 4.96. The van der Waals surface area contributed by atoms with Crippen LogP contribution in [-0.4, -0.2) is 0 Å². The number of fused-ring (bicyclic) bond motifs is 1. The number of rotatable bonds is 0. The molecule has 0 spiro atoms. The van der Waals surface area contributed by atoms with Gasteiger partial charge in [-0.2, -0.15) is 0 Å². The lowest BCUT2D eigenvalue weighted by Gasteiger charge is -2.55. The topological polar surface area (TPSA) is 0 Å². The smallest absolute Gasteiger partial charge is 0.0329 e. The largest absolute Gasteiger partial charge is 0.0622 e. The first-order chi connectivity index (χ1) is 5.22. The molecule has 0 radical (unpaired) electrons. The molecule has 2 saturated carbocycles. The molecule has 11 heavy (non-hydrogen) atoms. The van der Waals surface area contributed by atoms with E-state index in [-0.39, 0.29) is 0 Å². The van der Waals surface area contributed by atoms with E-state index in [2.05, 4.69) is 20.8 Å². The summed E-state index contributed by atoms with van der Waals surface area (Å²) >= 11 is 0. The molecule has 0 aliphatic heterocycles. The third kappa shape index (κ3) is 0.947. The second-order valence-corrected chi connectivity index (χ2v) is 4.87. The Bertz CT molecular complexity index is 146. The van der Waals surface area contributed by atoms with Crippen molar-refractivity contribution >= 4 is 0 Å². The first kappa shape index (κ1) is 7.64. The summed E-state index contributed by atoms with van der Waals surface area (Å²) in [6, 6.07) is 0. The number of hydrogen-bond donors (Lipinski definition) is 0. The summed E-state index contributed by atoms with van der Waals surface area (Å²) in [4.78, 5) is 0. The molecular formula is C11H20. The van der Waals surface area contributed by atoms with Crippen LogP contribution in [0.3, 0.4) is 0 Å². The van der Waals surface area contributed by atoms with Gasteiger partial charge in [0.15, 0.2) is 0 Å². The maximum absolute atomic E-state index is 2.46. The Morgan fingerprint density at radius 1 is 0.909 bits per heavy atom. The summed E-state index contributed by atoms with van der Waals surface area (Å²) in [5.74, 6) is 5.28. The molecule has 0 heterocycles. The fraction of sp³-hybridized carbons (Fsp3) is 1.00. The molecule has 2 fully saturated rings. The molecule has 0 aromatic carbocycles. The molecule has 2 aliphatic carbocycles. The monoisotopic (exact) mass is 152 g/mol. The standard InChI is InChI=1S/C11H20/c1-7-5-4-6-10-8(2)9(3)11(7)10/h7-11H,4-6H2,1-3H3. The SMILES string of the molecule is CC1CCCC2C(C)C(C)C12. The van der Waals surface area contributed by atoms with Crippen molar-refractivity contribution in [3.63, 3.8) is 0 Å². The predicted octanol–water partition coefficient (Wildman–Crippen LogP) is 3.32. The van der Waals surface area contributed by atoms with Crippen molar-refractivity contribution in [1.82, 2.24) is 0 Å². The second kappa shape index (κ2) is 2.50. The van der Waals surface area contributed by atoms with E-state index in [1.165, 1.54) is 19.3 Å². The second-order valence-electron chi connectivity index (χ2n) is 4.87. The Balaban J connectivity index is 2.05. The molecule has 0 aromatic rings. The van der Waals surface area contributed by atoms with E-state index in [4.69, 9.17) is 0 Å². The number of hydrogen-bond acceptors (Lipinski definition) is 0. The summed E-state index contributed by atoms with van der Waals surface area (Å²) < 4.78 is 0. The third-order valence-electron chi connectivity index (χ3n) is 4.46. The van der Waals surface area contributed by atoms with Gasteiger partial charge in [0.25, 0.3) is 0 Å². The van der Waals surface area contributed by atoms with Crippen LogP contribution in [0, 0.1) is 29.6 Å². The molecule has 5 atom stereocenters. The van der Waals surface area contributed by atoms with Gasteiger partial charge in [-0.05, 0) is 36.0 Å². The van der Waals surface area contributed by atoms with Gasteiger partial charge in [0, 0.05) is 0 Å². The lowest BCUT2D eigenvalue weighted by atomic mass is 9.50. The highest BCUT2D eigenvalue weighted by Crippen LogP contribution is 2.55. The molecular weight excluding hydrogens is 132 g/mol. The molecule has 64 valence electrons. The Kier molecular flexibility index (Phi) is 1.74. The van der Waals surface area contributed by atoms with Crippen molar-refractivity contribution in [2.75, 3.05) is 0 Å². The highest BCUT2D eigenvalue weighted by Gasteiger charge is 2.48. The summed E-state index contributed by atoms with van der Waals surface area (Å²) in [6.07, 6.45) is 4.53. The molecule has 0 N–H and O–H groups in total. The molecule has 0 aromatic heterocycles. The van der Waals surface area contributed by atoms with Crippen molar-refractivity contribution in [3.8, 4) is 0 Å². The maximum Gasteiger partial charge on any atom is -0.0329 e. The molecule has 0 bridgehead atoms. The zero-order chi connectivity index (χ0) is 8.01. The minimum absolute atomic E-state index is 1.02. The fourth-order valence-electron chi connectivity index (χ4n) is 3.60. The van der Waals surface area contributed by atoms with E-state index < -0.39 is 0 Å². The van der Waals surface area contributed by atoms with Gasteiger partial charge in [0.2, 0.25) is 0 Å². The zero-order valence-electron chi connectivity index (χ0n) is 8.01. The van der Waals surface area contributed by atoms with Crippen LogP contribution >= 0.6 is 0 Å². The van der Waals surface area contributed by atoms with Crippen LogP contribution in [0.2, 0.25) is 0 Å². The maximum atomic E-state index is 2.46.